The number of amides is 2. The number of benzene rings is 3. The van der Waals surface area contributed by atoms with Crippen molar-refractivity contribution in [1.82, 2.24) is 14.8 Å². The Bertz CT molecular complexity index is 1520. The molecule has 4 aromatic rings. The molecule has 1 fully saturated rings. The quantitative estimate of drug-likeness (QED) is 0.327. The average molecular weight is 547 g/mol. The van der Waals surface area contributed by atoms with E-state index in [0.29, 0.717) is 83.8 Å². The van der Waals surface area contributed by atoms with E-state index in [9.17, 15) is 9.59 Å². The van der Waals surface area contributed by atoms with Crippen molar-refractivity contribution in [2.45, 2.75) is 6.54 Å². The van der Waals surface area contributed by atoms with E-state index in [1.54, 1.807) is 18.2 Å². The van der Waals surface area contributed by atoms with E-state index in [0.717, 1.165) is 5.56 Å². The predicted molar refractivity (Wildman–Crippen MR) is 148 cm³/mol. The molecule has 208 valence electrons. The van der Waals surface area contributed by atoms with Gasteiger partial charge in [0.05, 0.1) is 32.6 Å². The van der Waals surface area contributed by atoms with Crippen LogP contribution < -0.4 is 19.5 Å². The average Bonchev–Trinajstić information content (AvgIpc) is 3.40. The number of carbonyl (C=O) groups is 2. The third-order valence-electron chi connectivity index (χ3n) is 6.83. The molecule has 3 aromatic carbocycles. The molecule has 11 heteroatoms. The van der Waals surface area contributed by atoms with Gasteiger partial charge in [0.2, 0.25) is 11.6 Å². The van der Waals surface area contributed by atoms with Gasteiger partial charge in [-0.2, -0.15) is 0 Å². The molecule has 1 aliphatic heterocycles. The lowest BCUT2D eigenvalue weighted by atomic mass is 10.1. The lowest BCUT2D eigenvalue weighted by molar-refractivity contribution is 0.102. The number of piperazine rings is 1. The van der Waals surface area contributed by atoms with Crippen LogP contribution in [0.5, 0.6) is 17.2 Å². The fourth-order valence-electron chi connectivity index (χ4n) is 4.73. The van der Waals surface area contributed by atoms with Crippen molar-refractivity contribution < 1.29 is 33.3 Å². The molecule has 2 amide bonds. The number of nitrogens with zero attached hydrogens (tertiary/aromatic N) is 3. The lowest BCUT2D eigenvalue weighted by Gasteiger charge is -2.33. The Morgan fingerprint density at radius 3 is 2.30 bits per heavy atom. The topological polar surface area (TPSA) is 127 Å². The van der Waals surface area contributed by atoms with E-state index in [4.69, 9.17) is 28.7 Å². The zero-order valence-corrected chi connectivity index (χ0v) is 22.5. The number of carbonyl (C=O) groups excluding carboxylic acids is 1. The van der Waals surface area contributed by atoms with E-state index in [1.165, 1.54) is 26.2 Å². The summed E-state index contributed by atoms with van der Waals surface area (Å²) in [6, 6.07) is 16.3. The van der Waals surface area contributed by atoms with Gasteiger partial charge < -0.3 is 34.0 Å². The Balaban J connectivity index is 1.36. The molecule has 1 aliphatic rings. The molecule has 1 saturated heterocycles. The first kappa shape index (κ1) is 26.8. The molecule has 0 spiro atoms. The Labute approximate surface area is 230 Å². The summed E-state index contributed by atoms with van der Waals surface area (Å²) in [7, 11) is 4.49. The third kappa shape index (κ3) is 5.50. The van der Waals surface area contributed by atoms with Crippen LogP contribution in [0.3, 0.4) is 0 Å². The minimum absolute atomic E-state index is 0.329. The molecule has 2 heterocycles. The lowest BCUT2D eigenvalue weighted by Crippen LogP contribution is -2.47. The first-order chi connectivity index (χ1) is 19.4. The second-order valence-electron chi connectivity index (χ2n) is 9.28. The van der Waals surface area contributed by atoms with Crippen LogP contribution in [0.15, 0.2) is 59.0 Å². The van der Waals surface area contributed by atoms with Crippen molar-refractivity contribution in [3.05, 3.63) is 65.7 Å². The summed E-state index contributed by atoms with van der Waals surface area (Å²) in [6.45, 7) is 3.02. The number of hydrogen-bond donors (Lipinski definition) is 2. The van der Waals surface area contributed by atoms with E-state index in [-0.39, 0.29) is 5.91 Å². The summed E-state index contributed by atoms with van der Waals surface area (Å²) in [5, 5.41) is 12.1. The molecule has 0 radical (unpaired) electrons. The first-order valence-corrected chi connectivity index (χ1v) is 12.7. The number of methoxy groups -OCH3 is 3. The van der Waals surface area contributed by atoms with Gasteiger partial charge in [0, 0.05) is 38.3 Å². The van der Waals surface area contributed by atoms with Gasteiger partial charge in [-0.25, -0.2) is 9.78 Å². The van der Waals surface area contributed by atoms with Gasteiger partial charge in [0.25, 0.3) is 5.91 Å². The number of hydrogen-bond acceptors (Lipinski definition) is 8. The second kappa shape index (κ2) is 11.5. The number of oxazole rings is 1. The summed E-state index contributed by atoms with van der Waals surface area (Å²) < 4.78 is 22.2. The summed E-state index contributed by atoms with van der Waals surface area (Å²) in [6.07, 6.45) is -0.879. The minimum atomic E-state index is -0.879. The standard InChI is InChI=1S/C29H30N4O7/c1-37-24-15-19(16-25(38-2)26(24)39-3)27(34)30-21-7-5-4-6-20(21)28-31-22-14-18(8-9-23(22)40-28)17-32-10-12-33(13-11-32)29(35)36/h4-9,14-16H,10-13,17H2,1-3H3,(H,30,34)(H,35,36). The van der Waals surface area contributed by atoms with Crippen LogP contribution in [0.25, 0.3) is 22.6 Å². The fraction of sp³-hybridized carbons (Fsp3) is 0.276. The molecule has 0 bridgehead atoms. The van der Waals surface area contributed by atoms with Gasteiger partial charge in [-0.15, -0.1) is 0 Å². The highest BCUT2D eigenvalue weighted by Gasteiger charge is 2.22. The van der Waals surface area contributed by atoms with Crippen molar-refractivity contribution in [1.29, 1.82) is 0 Å². The van der Waals surface area contributed by atoms with Crippen molar-refractivity contribution in [3.8, 4) is 28.7 Å². The number of carboxylic acid groups (broad SMARTS) is 1. The highest BCUT2D eigenvalue weighted by Crippen LogP contribution is 2.38. The zero-order chi connectivity index (χ0) is 28.2. The Kier molecular flexibility index (Phi) is 7.74. The van der Waals surface area contributed by atoms with Crippen LogP contribution in [0.1, 0.15) is 15.9 Å². The van der Waals surface area contributed by atoms with Crippen LogP contribution in [0.4, 0.5) is 10.5 Å². The molecule has 11 nitrogen and oxygen atoms in total. The van der Waals surface area contributed by atoms with Gasteiger partial charge in [-0.05, 0) is 42.0 Å². The van der Waals surface area contributed by atoms with Gasteiger partial charge in [0.15, 0.2) is 17.1 Å². The second-order valence-corrected chi connectivity index (χ2v) is 9.28. The Hall–Kier alpha value is -4.77. The van der Waals surface area contributed by atoms with Gasteiger partial charge in [-0.3, -0.25) is 9.69 Å². The highest BCUT2D eigenvalue weighted by atomic mass is 16.5. The normalized spacial score (nSPS) is 13.7. The molecule has 40 heavy (non-hydrogen) atoms. The molecule has 0 aliphatic carbocycles. The van der Waals surface area contributed by atoms with E-state index in [1.807, 2.05) is 36.4 Å². The van der Waals surface area contributed by atoms with E-state index >= 15 is 0 Å². The molecule has 5 rings (SSSR count). The van der Waals surface area contributed by atoms with Crippen molar-refractivity contribution in [2.24, 2.45) is 0 Å². The zero-order valence-electron chi connectivity index (χ0n) is 22.5. The summed E-state index contributed by atoms with van der Waals surface area (Å²) in [5.41, 5.74) is 3.87. The number of anilines is 1. The van der Waals surface area contributed by atoms with Crippen LogP contribution in [0, 0.1) is 0 Å². The molecule has 0 atom stereocenters. The SMILES string of the molecule is COc1cc(C(=O)Nc2ccccc2-c2nc3cc(CN4CCN(C(=O)O)CC4)ccc3o2)cc(OC)c1OC. The number of rotatable bonds is 8. The van der Waals surface area contributed by atoms with Gasteiger partial charge >= 0.3 is 6.09 Å². The third-order valence-corrected chi connectivity index (χ3v) is 6.83. The molecular weight excluding hydrogens is 516 g/mol. The van der Waals surface area contributed by atoms with Crippen LogP contribution in [-0.2, 0) is 6.54 Å². The number of ether oxygens (including phenoxy) is 3. The van der Waals surface area contributed by atoms with Gasteiger partial charge in [0.1, 0.15) is 5.52 Å². The van der Waals surface area contributed by atoms with E-state index in [2.05, 4.69) is 10.2 Å². The van der Waals surface area contributed by atoms with Crippen LogP contribution >= 0.6 is 0 Å². The predicted octanol–water partition coefficient (Wildman–Crippen LogP) is 4.57. The molecular formula is C29H30N4O7. The maximum atomic E-state index is 13.2. The summed E-state index contributed by atoms with van der Waals surface area (Å²) in [4.78, 5) is 32.8. The maximum absolute atomic E-state index is 13.2. The molecule has 0 saturated carbocycles. The Morgan fingerprint density at radius 1 is 0.950 bits per heavy atom. The van der Waals surface area contributed by atoms with Gasteiger partial charge in [-0.1, -0.05) is 18.2 Å². The maximum Gasteiger partial charge on any atom is 0.407 e. The number of para-hydroxylation sites is 1. The van der Waals surface area contributed by atoms with Crippen molar-refractivity contribution in [2.75, 3.05) is 52.8 Å². The summed E-state index contributed by atoms with van der Waals surface area (Å²) in [5.74, 6) is 1.16. The number of aromatic nitrogens is 1. The molecule has 1 aromatic heterocycles. The summed E-state index contributed by atoms with van der Waals surface area (Å²) >= 11 is 0. The van der Waals surface area contributed by atoms with Crippen LogP contribution in [0.2, 0.25) is 0 Å². The molecule has 0 unspecified atom stereocenters. The Morgan fingerprint density at radius 2 is 1.65 bits per heavy atom. The first-order valence-electron chi connectivity index (χ1n) is 12.7. The van der Waals surface area contributed by atoms with Crippen molar-refractivity contribution >= 4 is 28.8 Å². The number of fused-ring (bicyclic) bond motifs is 1. The minimum Gasteiger partial charge on any atom is -0.493 e. The molecule has 2 N–H and O–H groups in total. The van der Waals surface area contributed by atoms with Crippen LogP contribution in [-0.4, -0.2) is 79.4 Å². The van der Waals surface area contributed by atoms with E-state index < -0.39 is 6.09 Å². The largest absolute Gasteiger partial charge is 0.493 e. The smallest absolute Gasteiger partial charge is 0.407 e. The van der Waals surface area contributed by atoms with Crippen molar-refractivity contribution in [3.63, 3.8) is 0 Å². The number of nitrogens with one attached hydrogen (secondary N) is 1. The highest BCUT2D eigenvalue weighted by molar-refractivity contribution is 6.06. The monoisotopic (exact) mass is 546 g/mol. The fourth-order valence-corrected chi connectivity index (χ4v) is 4.73.